The molecule has 0 radical (unpaired) electrons. The van der Waals surface area contributed by atoms with Crippen LogP contribution >= 0.6 is 0 Å². The predicted octanol–water partition coefficient (Wildman–Crippen LogP) is 6.32. The first-order chi connectivity index (χ1) is 18.5. The van der Waals surface area contributed by atoms with Crippen molar-refractivity contribution < 1.29 is 19.4 Å². The molecular formula is C32H30N2O4. The van der Waals surface area contributed by atoms with E-state index in [-0.39, 0.29) is 11.3 Å². The largest absolute Gasteiger partial charge is 0.507 e. The van der Waals surface area contributed by atoms with E-state index in [1.165, 1.54) is 4.90 Å². The Balaban J connectivity index is 1.69. The van der Waals surface area contributed by atoms with E-state index in [1.807, 2.05) is 60.7 Å². The van der Waals surface area contributed by atoms with Gasteiger partial charge in [-0.25, -0.2) is 0 Å². The molecule has 0 aliphatic carbocycles. The number of aliphatic hydroxyl groups is 1. The number of carbonyl (C=O) groups excluding carboxylic acids is 2. The number of hydrogen-bond donors (Lipinski definition) is 1. The Bertz CT molecular complexity index is 1540. The first-order valence-electron chi connectivity index (χ1n) is 12.8. The second-order valence-electron chi connectivity index (χ2n) is 9.20. The molecule has 38 heavy (non-hydrogen) atoms. The number of hydrogen-bond acceptors (Lipinski definition) is 5. The molecule has 1 saturated heterocycles. The Labute approximate surface area is 222 Å². The SMILES string of the molecule is CCN(CC)c1ccc(C2/C(=C(/O)c3ccc4ccccc4c3)C(=O)C(=O)N2c2cccc(OC)c2)cc1. The first-order valence-corrected chi connectivity index (χ1v) is 12.8. The molecule has 6 nitrogen and oxygen atoms in total. The van der Waals surface area contributed by atoms with E-state index in [2.05, 4.69) is 18.7 Å². The number of rotatable bonds is 7. The smallest absolute Gasteiger partial charge is 0.300 e. The van der Waals surface area contributed by atoms with Gasteiger partial charge in [-0.3, -0.25) is 14.5 Å². The zero-order chi connectivity index (χ0) is 26.8. The van der Waals surface area contributed by atoms with Crippen molar-refractivity contribution in [2.24, 2.45) is 0 Å². The number of ketones is 1. The van der Waals surface area contributed by atoms with Gasteiger partial charge in [-0.15, -0.1) is 0 Å². The van der Waals surface area contributed by atoms with E-state index in [1.54, 1.807) is 37.4 Å². The maximum absolute atomic E-state index is 13.5. The summed E-state index contributed by atoms with van der Waals surface area (Å²) in [5.41, 5.74) is 2.83. The van der Waals surface area contributed by atoms with Crippen molar-refractivity contribution in [3.05, 3.63) is 108 Å². The highest BCUT2D eigenvalue weighted by atomic mass is 16.5. The van der Waals surface area contributed by atoms with Crippen LogP contribution in [0.25, 0.3) is 16.5 Å². The van der Waals surface area contributed by atoms with Crippen molar-refractivity contribution in [1.82, 2.24) is 0 Å². The standard InChI is InChI=1S/C32H30N2O4/c1-4-33(5-2)25-17-15-22(16-18-25)29-28(30(35)24-14-13-21-9-6-7-10-23(21)19-24)31(36)32(37)34(29)26-11-8-12-27(20-26)38-3/h6-20,29,35H,4-5H2,1-3H3/b30-28-. The minimum atomic E-state index is -0.806. The number of anilines is 2. The lowest BCUT2D eigenvalue weighted by atomic mass is 9.94. The van der Waals surface area contributed by atoms with Gasteiger partial charge in [0.2, 0.25) is 0 Å². The van der Waals surface area contributed by atoms with Crippen LogP contribution in [0.2, 0.25) is 0 Å². The Morgan fingerprint density at radius 2 is 1.58 bits per heavy atom. The topological polar surface area (TPSA) is 70.1 Å². The van der Waals surface area contributed by atoms with Crippen LogP contribution in [-0.4, -0.2) is 37.0 Å². The summed E-state index contributed by atoms with van der Waals surface area (Å²) >= 11 is 0. The average molecular weight is 507 g/mol. The molecule has 0 spiro atoms. The average Bonchev–Trinajstić information content (AvgIpc) is 3.23. The van der Waals surface area contributed by atoms with Gasteiger partial charge in [0.25, 0.3) is 11.7 Å². The lowest BCUT2D eigenvalue weighted by Gasteiger charge is -2.27. The molecule has 6 heteroatoms. The fraction of sp³-hybridized carbons (Fsp3) is 0.188. The molecule has 1 fully saturated rings. The zero-order valence-electron chi connectivity index (χ0n) is 21.7. The molecule has 0 bridgehead atoms. The van der Waals surface area contributed by atoms with E-state index in [0.717, 1.165) is 35.1 Å². The quantitative estimate of drug-likeness (QED) is 0.180. The van der Waals surface area contributed by atoms with Gasteiger partial charge in [0.15, 0.2) is 0 Å². The van der Waals surface area contributed by atoms with Crippen molar-refractivity contribution in [1.29, 1.82) is 0 Å². The van der Waals surface area contributed by atoms with Crippen LogP contribution in [0.3, 0.4) is 0 Å². The Hall–Kier alpha value is -4.58. The summed E-state index contributed by atoms with van der Waals surface area (Å²) in [6.45, 7) is 5.91. The molecule has 1 aliphatic heterocycles. The van der Waals surface area contributed by atoms with E-state index in [9.17, 15) is 14.7 Å². The molecule has 0 saturated carbocycles. The molecule has 5 rings (SSSR count). The van der Waals surface area contributed by atoms with Crippen molar-refractivity contribution in [2.75, 3.05) is 30.0 Å². The summed E-state index contributed by atoms with van der Waals surface area (Å²) in [5, 5.41) is 13.5. The second kappa shape index (κ2) is 10.4. The molecule has 1 atom stereocenters. The van der Waals surface area contributed by atoms with Crippen LogP contribution < -0.4 is 14.5 Å². The molecular weight excluding hydrogens is 476 g/mol. The highest BCUT2D eigenvalue weighted by molar-refractivity contribution is 6.51. The Morgan fingerprint density at radius 3 is 2.26 bits per heavy atom. The van der Waals surface area contributed by atoms with Crippen molar-refractivity contribution >= 4 is 39.6 Å². The lowest BCUT2D eigenvalue weighted by molar-refractivity contribution is -0.132. The third-order valence-electron chi connectivity index (χ3n) is 7.14. The lowest BCUT2D eigenvalue weighted by Crippen LogP contribution is -2.29. The van der Waals surface area contributed by atoms with Gasteiger partial charge in [-0.2, -0.15) is 0 Å². The van der Waals surface area contributed by atoms with Gasteiger partial charge >= 0.3 is 0 Å². The fourth-order valence-corrected chi connectivity index (χ4v) is 5.12. The third-order valence-corrected chi connectivity index (χ3v) is 7.14. The molecule has 1 amide bonds. The van der Waals surface area contributed by atoms with Crippen LogP contribution in [0.5, 0.6) is 5.75 Å². The normalized spacial score (nSPS) is 16.7. The zero-order valence-corrected chi connectivity index (χ0v) is 21.7. The molecule has 1 unspecified atom stereocenters. The molecule has 0 aromatic heterocycles. The van der Waals surface area contributed by atoms with Gasteiger partial charge < -0.3 is 14.7 Å². The Kier molecular flexibility index (Phi) is 6.88. The number of carbonyl (C=O) groups is 2. The number of methoxy groups -OCH3 is 1. The number of fused-ring (bicyclic) bond motifs is 1. The first kappa shape index (κ1) is 25.1. The van der Waals surface area contributed by atoms with Crippen molar-refractivity contribution in [2.45, 2.75) is 19.9 Å². The van der Waals surface area contributed by atoms with Crippen molar-refractivity contribution in [3.8, 4) is 5.75 Å². The monoisotopic (exact) mass is 506 g/mol. The van der Waals surface area contributed by atoms with Gasteiger partial charge in [0.05, 0.1) is 18.7 Å². The summed E-state index contributed by atoms with van der Waals surface area (Å²) in [6.07, 6.45) is 0. The van der Waals surface area contributed by atoms with Crippen LogP contribution in [0.15, 0.2) is 96.6 Å². The second-order valence-corrected chi connectivity index (χ2v) is 9.20. The summed E-state index contributed by atoms with van der Waals surface area (Å²) in [6, 6.07) is 27.4. The summed E-state index contributed by atoms with van der Waals surface area (Å²) in [4.78, 5) is 30.7. The number of ether oxygens (including phenoxy) is 1. The van der Waals surface area contributed by atoms with Gasteiger partial charge in [0.1, 0.15) is 11.5 Å². The highest BCUT2D eigenvalue weighted by Crippen LogP contribution is 2.43. The third kappa shape index (κ3) is 4.39. The number of amides is 1. The van der Waals surface area contributed by atoms with Gasteiger partial charge in [-0.1, -0.05) is 54.6 Å². The molecule has 192 valence electrons. The summed E-state index contributed by atoms with van der Waals surface area (Å²) < 4.78 is 5.38. The van der Waals surface area contributed by atoms with E-state index < -0.39 is 17.7 Å². The number of aliphatic hydroxyl groups excluding tert-OH is 1. The highest BCUT2D eigenvalue weighted by Gasteiger charge is 2.47. The molecule has 1 aliphatic rings. The molecule has 1 N–H and O–H groups in total. The number of Topliss-reactive ketones (excluding diaryl/α,β-unsaturated/α-hetero) is 1. The molecule has 1 heterocycles. The minimum Gasteiger partial charge on any atom is -0.507 e. The maximum atomic E-state index is 13.5. The van der Waals surface area contributed by atoms with E-state index in [4.69, 9.17) is 4.74 Å². The fourth-order valence-electron chi connectivity index (χ4n) is 5.12. The van der Waals surface area contributed by atoms with E-state index >= 15 is 0 Å². The Morgan fingerprint density at radius 1 is 0.868 bits per heavy atom. The van der Waals surface area contributed by atoms with Crippen LogP contribution in [-0.2, 0) is 9.59 Å². The maximum Gasteiger partial charge on any atom is 0.300 e. The summed E-state index contributed by atoms with van der Waals surface area (Å²) in [7, 11) is 1.55. The van der Waals surface area contributed by atoms with Crippen LogP contribution in [0, 0.1) is 0 Å². The predicted molar refractivity (Wildman–Crippen MR) is 152 cm³/mol. The van der Waals surface area contributed by atoms with Crippen molar-refractivity contribution in [3.63, 3.8) is 0 Å². The van der Waals surface area contributed by atoms with Crippen LogP contribution in [0.4, 0.5) is 11.4 Å². The van der Waals surface area contributed by atoms with Crippen LogP contribution in [0.1, 0.15) is 31.0 Å². The minimum absolute atomic E-state index is 0.0590. The molecule has 4 aromatic carbocycles. The van der Waals surface area contributed by atoms with E-state index in [0.29, 0.717) is 17.0 Å². The van der Waals surface area contributed by atoms with Gasteiger partial charge in [-0.05, 0) is 60.5 Å². The number of nitrogens with zero attached hydrogens (tertiary/aromatic N) is 2. The molecule has 4 aromatic rings. The van der Waals surface area contributed by atoms with Gasteiger partial charge in [0, 0.05) is 36.1 Å². The number of benzene rings is 4. The summed E-state index contributed by atoms with van der Waals surface area (Å²) in [5.74, 6) is -1.05.